The van der Waals surface area contributed by atoms with Gasteiger partial charge in [-0.3, -0.25) is 4.79 Å². The van der Waals surface area contributed by atoms with Gasteiger partial charge in [0.15, 0.2) is 0 Å². The molecule has 0 heterocycles. The lowest BCUT2D eigenvalue weighted by Crippen LogP contribution is -2.21. The Kier molecular flexibility index (Phi) is 36.6. The van der Waals surface area contributed by atoms with E-state index in [4.69, 9.17) is 10.2 Å². The van der Waals surface area contributed by atoms with Crippen molar-refractivity contribution >= 4 is 5.97 Å². The number of hydrogen-bond acceptors (Lipinski definition) is 3. The Balaban J connectivity index is -0.0000000743. The average molecular weight is 239 g/mol. The van der Waals surface area contributed by atoms with Gasteiger partial charge in [0.1, 0.15) is 0 Å². The van der Waals surface area contributed by atoms with Crippen LogP contribution in [0.1, 0.15) is 40.5 Å². The van der Waals surface area contributed by atoms with Crippen LogP contribution in [0.4, 0.5) is 0 Å². The van der Waals surface area contributed by atoms with Crippen molar-refractivity contribution in [2.45, 2.75) is 40.5 Å². The van der Waals surface area contributed by atoms with Gasteiger partial charge in [0.25, 0.3) is 0 Å². The molecule has 0 bridgehead atoms. The van der Waals surface area contributed by atoms with E-state index in [1.54, 1.807) is 0 Å². The smallest absolute Gasteiger partial charge is 0.303 e. The molecule has 0 aromatic carbocycles. The molecule has 0 unspecified atom stereocenters. The van der Waals surface area contributed by atoms with E-state index in [9.17, 15) is 4.79 Å². The van der Waals surface area contributed by atoms with E-state index in [0.717, 1.165) is 13.5 Å². The van der Waals surface area contributed by atoms with Crippen LogP contribution in [0.5, 0.6) is 0 Å². The number of carboxylic acids is 1. The van der Waals surface area contributed by atoms with Gasteiger partial charge in [-0.25, -0.2) is 0 Å². The highest BCUT2D eigenvalue weighted by molar-refractivity contribution is 5.66. The maximum Gasteiger partial charge on any atom is 0.303 e. The van der Waals surface area contributed by atoms with Crippen molar-refractivity contribution in [1.29, 1.82) is 0 Å². The first-order valence-electron chi connectivity index (χ1n) is 5.51. The second kappa shape index (κ2) is 23.9. The fraction of sp³-hybridized carbons (Fsp3) is 0.909. The molecule has 0 atom stereocenters. The highest BCUT2D eigenvalue weighted by atomic mass is 16.4. The first-order valence-corrected chi connectivity index (χ1v) is 5.51. The topological polar surface area (TPSA) is 92.3 Å². The van der Waals surface area contributed by atoms with E-state index < -0.39 is 5.97 Å². The third-order valence-electron chi connectivity index (χ3n) is 1.81. The van der Waals surface area contributed by atoms with E-state index >= 15 is 0 Å². The van der Waals surface area contributed by atoms with Gasteiger partial charge in [0.05, 0.1) is 0 Å². The molecule has 0 rings (SSSR count). The zero-order valence-corrected chi connectivity index (χ0v) is 11.3. The quantitative estimate of drug-likeness (QED) is 0.748. The van der Waals surface area contributed by atoms with Crippen LogP contribution in [0, 0.1) is 0 Å². The lowest BCUT2D eigenvalue weighted by Gasteiger charge is -2.13. The Labute approximate surface area is 99.4 Å². The molecule has 4 N–H and O–H groups in total. The van der Waals surface area contributed by atoms with Gasteiger partial charge in [0.2, 0.25) is 0 Å². The largest absolute Gasteiger partial charge is 0.481 e. The minimum atomic E-state index is -0.711. The standard InChI is InChI=1S/C6H15N.C4H8O2.CH4O.H2O/c1-4-7(5-2)6-3;1-2-3-4(5)6;1-2;/h4-6H2,1-3H3;2-3H2,1H3,(H,5,6);2H,1H3;1H2. The Bertz CT molecular complexity index is 111. The van der Waals surface area contributed by atoms with Crippen molar-refractivity contribution in [2.75, 3.05) is 26.7 Å². The first-order chi connectivity index (χ1) is 7.12. The maximum atomic E-state index is 9.60. The van der Waals surface area contributed by atoms with E-state index in [0.29, 0.717) is 6.42 Å². The Morgan fingerprint density at radius 3 is 1.31 bits per heavy atom. The second-order valence-corrected chi connectivity index (χ2v) is 2.76. The fourth-order valence-electron chi connectivity index (χ4n) is 0.885. The van der Waals surface area contributed by atoms with Gasteiger partial charge in [-0.2, -0.15) is 0 Å². The summed E-state index contributed by atoms with van der Waals surface area (Å²) in [4.78, 5) is 12.0. The zero-order chi connectivity index (χ0) is 12.7. The molecule has 0 aromatic heterocycles. The van der Waals surface area contributed by atoms with Crippen LogP contribution in [0.15, 0.2) is 0 Å². The summed E-state index contributed by atoms with van der Waals surface area (Å²) in [5.74, 6) is -0.711. The van der Waals surface area contributed by atoms with Crippen molar-refractivity contribution in [3.63, 3.8) is 0 Å². The zero-order valence-electron chi connectivity index (χ0n) is 11.3. The van der Waals surface area contributed by atoms with Crippen LogP contribution < -0.4 is 0 Å². The Morgan fingerprint density at radius 2 is 1.31 bits per heavy atom. The number of carbonyl (C=O) groups is 1. The highest BCUT2D eigenvalue weighted by Crippen LogP contribution is 1.82. The van der Waals surface area contributed by atoms with Crippen molar-refractivity contribution in [1.82, 2.24) is 4.90 Å². The average Bonchev–Trinajstić information content (AvgIpc) is 2.24. The van der Waals surface area contributed by atoms with Gasteiger partial charge in [0, 0.05) is 13.5 Å². The van der Waals surface area contributed by atoms with Gasteiger partial charge < -0.3 is 20.6 Å². The maximum absolute atomic E-state index is 9.60. The van der Waals surface area contributed by atoms with Gasteiger partial charge in [-0.1, -0.05) is 27.7 Å². The van der Waals surface area contributed by atoms with Crippen LogP contribution >= 0.6 is 0 Å². The third kappa shape index (κ3) is 29.2. The van der Waals surface area contributed by atoms with Crippen molar-refractivity contribution in [2.24, 2.45) is 0 Å². The molecular formula is C11H29NO4. The summed E-state index contributed by atoms with van der Waals surface area (Å²) >= 11 is 0. The number of hydrogen-bond donors (Lipinski definition) is 2. The molecule has 0 saturated heterocycles. The summed E-state index contributed by atoms with van der Waals surface area (Å²) in [6.07, 6.45) is 1.02. The summed E-state index contributed by atoms with van der Waals surface area (Å²) < 4.78 is 0. The number of aliphatic carboxylic acids is 1. The van der Waals surface area contributed by atoms with Gasteiger partial charge in [-0.05, 0) is 26.1 Å². The summed E-state index contributed by atoms with van der Waals surface area (Å²) in [6, 6.07) is 0. The predicted molar refractivity (Wildman–Crippen MR) is 67.8 cm³/mol. The Hall–Kier alpha value is -0.650. The molecule has 0 aliphatic carbocycles. The number of aliphatic hydroxyl groups excluding tert-OH is 1. The number of nitrogens with zero attached hydrogens (tertiary/aromatic N) is 1. The lowest BCUT2D eigenvalue weighted by atomic mass is 10.4. The molecule has 16 heavy (non-hydrogen) atoms. The van der Waals surface area contributed by atoms with Crippen LogP contribution in [0.2, 0.25) is 0 Å². The summed E-state index contributed by atoms with van der Waals surface area (Å²) in [6.45, 7) is 12.0. The molecule has 0 amide bonds. The molecule has 102 valence electrons. The Morgan fingerprint density at radius 1 is 1.00 bits per heavy atom. The normalized spacial score (nSPS) is 7.94. The molecule has 0 aliphatic rings. The molecule has 0 spiro atoms. The van der Waals surface area contributed by atoms with E-state index in [1.807, 2.05) is 6.92 Å². The van der Waals surface area contributed by atoms with Gasteiger partial charge >= 0.3 is 5.97 Å². The van der Waals surface area contributed by atoms with Crippen molar-refractivity contribution < 1.29 is 20.5 Å². The fourth-order valence-corrected chi connectivity index (χ4v) is 0.885. The van der Waals surface area contributed by atoms with Crippen molar-refractivity contribution in [3.05, 3.63) is 0 Å². The molecular weight excluding hydrogens is 210 g/mol. The van der Waals surface area contributed by atoms with Crippen LogP contribution in [0.25, 0.3) is 0 Å². The summed E-state index contributed by atoms with van der Waals surface area (Å²) in [5.41, 5.74) is 0. The minimum absolute atomic E-state index is 0. The van der Waals surface area contributed by atoms with E-state index in [2.05, 4.69) is 25.7 Å². The lowest BCUT2D eigenvalue weighted by molar-refractivity contribution is -0.137. The number of aliphatic hydroxyl groups is 1. The molecule has 5 nitrogen and oxygen atoms in total. The van der Waals surface area contributed by atoms with E-state index in [-0.39, 0.29) is 5.48 Å². The molecule has 5 heteroatoms. The molecule has 0 aromatic rings. The summed E-state index contributed by atoms with van der Waals surface area (Å²) in [7, 11) is 1.00. The highest BCUT2D eigenvalue weighted by Gasteiger charge is 1.89. The third-order valence-corrected chi connectivity index (χ3v) is 1.81. The van der Waals surface area contributed by atoms with Crippen LogP contribution in [-0.2, 0) is 4.79 Å². The van der Waals surface area contributed by atoms with Crippen molar-refractivity contribution in [3.8, 4) is 0 Å². The molecule has 0 aliphatic heterocycles. The summed E-state index contributed by atoms with van der Waals surface area (Å²) in [5, 5.41) is 14.9. The molecule has 0 fully saturated rings. The molecule has 0 radical (unpaired) electrons. The number of rotatable bonds is 5. The van der Waals surface area contributed by atoms with Crippen LogP contribution in [-0.4, -0.2) is 53.3 Å². The monoisotopic (exact) mass is 239 g/mol. The first kappa shape index (κ1) is 24.5. The van der Waals surface area contributed by atoms with Crippen LogP contribution in [0.3, 0.4) is 0 Å². The SMILES string of the molecule is CCCC(=O)O.CCN(CC)CC.CO.O. The molecule has 0 saturated carbocycles. The predicted octanol–water partition coefficient (Wildman–Crippen LogP) is 1.00. The van der Waals surface area contributed by atoms with Gasteiger partial charge in [-0.15, -0.1) is 0 Å². The second-order valence-electron chi connectivity index (χ2n) is 2.76. The van der Waals surface area contributed by atoms with E-state index in [1.165, 1.54) is 19.6 Å². The number of carboxylic acid groups (broad SMARTS) is 1. The minimum Gasteiger partial charge on any atom is -0.481 e.